The number of Topliss-reactive ketones (excluding diaryl/α,β-unsaturated/α-hetero) is 1. The van der Waals surface area contributed by atoms with Crippen LogP contribution in [0.3, 0.4) is 0 Å². The van der Waals surface area contributed by atoms with Crippen molar-refractivity contribution in [1.82, 2.24) is 4.90 Å². The van der Waals surface area contributed by atoms with E-state index in [1.54, 1.807) is 0 Å². The van der Waals surface area contributed by atoms with Gasteiger partial charge in [-0.25, -0.2) is 4.79 Å². The second-order valence-electron chi connectivity index (χ2n) is 8.98. The fourth-order valence-corrected chi connectivity index (χ4v) is 4.94. The summed E-state index contributed by atoms with van der Waals surface area (Å²) in [5.41, 5.74) is 6.41. The number of amides is 1. The highest BCUT2D eigenvalue weighted by Crippen LogP contribution is 2.51. The van der Waals surface area contributed by atoms with Gasteiger partial charge in [0.1, 0.15) is 17.4 Å². The first kappa shape index (κ1) is 23.4. The predicted octanol–water partition coefficient (Wildman–Crippen LogP) is 4.28. The zero-order valence-electron chi connectivity index (χ0n) is 18.2. The molecular weight excluding hydrogens is 469 g/mol. The number of halogens is 2. The van der Waals surface area contributed by atoms with Crippen LogP contribution in [0.5, 0.6) is 5.75 Å². The van der Waals surface area contributed by atoms with E-state index in [0.29, 0.717) is 49.6 Å². The average Bonchev–Trinajstić information content (AvgIpc) is 2.74. The Labute approximate surface area is 201 Å². The molecule has 1 aliphatic carbocycles. The smallest absolute Gasteiger partial charge is 0.415 e. The highest BCUT2D eigenvalue weighted by Gasteiger charge is 2.44. The predicted molar refractivity (Wildman–Crippen MR) is 121 cm³/mol. The number of ketones is 1. The number of hydrogen-bond acceptors (Lipinski definition) is 7. The van der Waals surface area contributed by atoms with Crippen molar-refractivity contribution in [2.24, 2.45) is 11.1 Å². The average molecular weight is 492 g/mol. The summed E-state index contributed by atoms with van der Waals surface area (Å²) >= 11 is 12.8. The monoisotopic (exact) mass is 491 g/mol. The first-order valence-corrected chi connectivity index (χ1v) is 11.2. The lowest BCUT2D eigenvalue weighted by Gasteiger charge is -2.37. The molecule has 1 aromatic carbocycles. The first-order valence-electron chi connectivity index (χ1n) is 10.5. The molecule has 0 bridgehead atoms. The molecule has 1 amide bonds. The van der Waals surface area contributed by atoms with Crippen LogP contribution in [-0.2, 0) is 14.3 Å². The summed E-state index contributed by atoms with van der Waals surface area (Å²) in [6.07, 6.45) is 0.111. The molecule has 1 aromatic rings. The molecule has 0 aromatic heterocycles. The van der Waals surface area contributed by atoms with Crippen LogP contribution >= 0.6 is 23.2 Å². The molecule has 0 unspecified atom stereocenters. The molecule has 0 saturated carbocycles. The van der Waals surface area contributed by atoms with Gasteiger partial charge >= 0.3 is 6.09 Å². The van der Waals surface area contributed by atoms with Crippen LogP contribution in [-0.4, -0.2) is 43.1 Å². The lowest BCUT2D eigenvalue weighted by Crippen LogP contribution is -2.42. The molecule has 3 aliphatic rings. The Morgan fingerprint density at radius 3 is 2.64 bits per heavy atom. The number of carbonyl (C=O) groups is 2. The Balaban J connectivity index is 1.84. The molecule has 4 rings (SSSR count). The molecule has 8 nitrogen and oxygen atoms in total. The first-order chi connectivity index (χ1) is 15.6. The van der Waals surface area contributed by atoms with Crippen molar-refractivity contribution in [2.45, 2.75) is 32.6 Å². The zero-order chi connectivity index (χ0) is 23.9. The molecule has 1 saturated heterocycles. The lowest BCUT2D eigenvalue weighted by molar-refractivity contribution is -0.119. The summed E-state index contributed by atoms with van der Waals surface area (Å²) < 4.78 is 16.7. The summed E-state index contributed by atoms with van der Waals surface area (Å²) in [4.78, 5) is 27.6. The van der Waals surface area contributed by atoms with Gasteiger partial charge < -0.3 is 24.8 Å². The number of nitrogens with zero attached hydrogens (tertiary/aromatic N) is 2. The van der Waals surface area contributed by atoms with Crippen molar-refractivity contribution in [1.29, 1.82) is 5.26 Å². The van der Waals surface area contributed by atoms with E-state index in [2.05, 4.69) is 0 Å². The summed E-state index contributed by atoms with van der Waals surface area (Å²) in [6, 6.07) is 5.02. The quantitative estimate of drug-likeness (QED) is 0.656. The van der Waals surface area contributed by atoms with E-state index in [-0.39, 0.29) is 44.9 Å². The molecule has 2 N–H and O–H groups in total. The van der Waals surface area contributed by atoms with Gasteiger partial charge in [-0.2, -0.15) is 5.26 Å². The number of morpholine rings is 1. The Morgan fingerprint density at radius 2 is 1.97 bits per heavy atom. The van der Waals surface area contributed by atoms with E-state index >= 15 is 0 Å². The fraction of sp³-hybridized carbons (Fsp3) is 0.435. The number of rotatable bonds is 2. The van der Waals surface area contributed by atoms with Crippen LogP contribution in [0.25, 0.3) is 0 Å². The van der Waals surface area contributed by atoms with Crippen LogP contribution in [0.1, 0.15) is 38.2 Å². The van der Waals surface area contributed by atoms with Crippen LogP contribution in [0.15, 0.2) is 34.9 Å². The maximum atomic E-state index is 13.2. The standard InChI is InChI=1S/C23H23Cl2N3O5/c1-23(2)9-16(29)19-17(10-23)32-21(27)14(11-26)18(19)13-7-12(24)8-15(25)20(13)33-22(30)28-3-5-31-6-4-28/h7-8,18H,3-6,9-10,27H2,1-2H3/t18-/m0/s1. The van der Waals surface area contributed by atoms with Crippen LogP contribution < -0.4 is 10.5 Å². The maximum Gasteiger partial charge on any atom is 0.415 e. The molecule has 1 atom stereocenters. The molecular formula is C23H23Cl2N3O5. The lowest BCUT2D eigenvalue weighted by atomic mass is 9.70. The zero-order valence-corrected chi connectivity index (χ0v) is 19.8. The number of nitriles is 1. The van der Waals surface area contributed by atoms with Gasteiger partial charge in [-0.1, -0.05) is 37.0 Å². The number of nitrogens with two attached hydrogens (primary N) is 1. The van der Waals surface area contributed by atoms with E-state index in [1.165, 1.54) is 17.0 Å². The molecule has 10 heteroatoms. The largest absolute Gasteiger partial charge is 0.444 e. The fourth-order valence-electron chi connectivity index (χ4n) is 4.40. The second kappa shape index (κ2) is 8.90. The SMILES string of the molecule is CC1(C)CC(=O)C2=C(C1)OC(N)=C(C#N)[C@@H]2c1cc(Cl)cc(Cl)c1OC(=O)N1CCOCC1. The number of carbonyl (C=O) groups excluding carboxylic acids is 2. The summed E-state index contributed by atoms with van der Waals surface area (Å²) in [5.74, 6) is -0.777. The van der Waals surface area contributed by atoms with Crippen LogP contribution in [0.2, 0.25) is 10.0 Å². The van der Waals surface area contributed by atoms with E-state index in [0.717, 1.165) is 0 Å². The minimum Gasteiger partial charge on any atom is -0.444 e. The van der Waals surface area contributed by atoms with Gasteiger partial charge in [0.05, 0.1) is 24.2 Å². The number of benzene rings is 1. The van der Waals surface area contributed by atoms with Gasteiger partial charge in [0.15, 0.2) is 11.5 Å². The van der Waals surface area contributed by atoms with Crippen LogP contribution in [0, 0.1) is 16.7 Å². The molecule has 174 valence electrons. The molecule has 0 spiro atoms. The summed E-state index contributed by atoms with van der Waals surface area (Å²) in [6.45, 7) is 5.45. The highest BCUT2D eigenvalue weighted by molar-refractivity contribution is 6.35. The van der Waals surface area contributed by atoms with E-state index < -0.39 is 12.0 Å². The normalized spacial score (nSPS) is 22.5. The summed E-state index contributed by atoms with van der Waals surface area (Å²) in [7, 11) is 0. The van der Waals surface area contributed by atoms with E-state index in [1.807, 2.05) is 19.9 Å². The Kier molecular flexibility index (Phi) is 6.32. The van der Waals surface area contributed by atoms with Crippen molar-refractivity contribution in [2.75, 3.05) is 26.3 Å². The van der Waals surface area contributed by atoms with Crippen molar-refractivity contribution >= 4 is 35.1 Å². The maximum absolute atomic E-state index is 13.2. The number of ether oxygens (including phenoxy) is 3. The van der Waals surface area contributed by atoms with Gasteiger partial charge in [-0.05, 0) is 17.5 Å². The third-order valence-corrected chi connectivity index (χ3v) is 6.38. The van der Waals surface area contributed by atoms with E-state index in [4.69, 9.17) is 43.1 Å². The third kappa shape index (κ3) is 4.54. The third-order valence-electron chi connectivity index (χ3n) is 5.88. The van der Waals surface area contributed by atoms with Gasteiger partial charge in [0, 0.05) is 42.1 Å². The number of allylic oxidation sites excluding steroid dienone is 3. The molecule has 0 radical (unpaired) electrons. The van der Waals surface area contributed by atoms with Gasteiger partial charge in [-0.15, -0.1) is 0 Å². The minimum absolute atomic E-state index is 0.0227. The van der Waals surface area contributed by atoms with Crippen molar-refractivity contribution < 1.29 is 23.8 Å². The van der Waals surface area contributed by atoms with Crippen molar-refractivity contribution in [3.63, 3.8) is 0 Å². The number of hydrogen-bond donors (Lipinski definition) is 1. The molecule has 33 heavy (non-hydrogen) atoms. The second-order valence-corrected chi connectivity index (χ2v) is 9.82. The van der Waals surface area contributed by atoms with Gasteiger partial charge in [-0.3, -0.25) is 4.79 Å². The van der Waals surface area contributed by atoms with E-state index in [9.17, 15) is 14.9 Å². The minimum atomic E-state index is -0.925. The van der Waals surface area contributed by atoms with Crippen molar-refractivity contribution in [3.05, 3.63) is 50.5 Å². The highest BCUT2D eigenvalue weighted by atomic mass is 35.5. The van der Waals surface area contributed by atoms with Gasteiger partial charge in [0.25, 0.3) is 0 Å². The van der Waals surface area contributed by atoms with Crippen molar-refractivity contribution in [3.8, 4) is 11.8 Å². The molecule has 2 heterocycles. The topological polar surface area (TPSA) is 115 Å². The summed E-state index contributed by atoms with van der Waals surface area (Å²) in [5, 5.41) is 10.2. The Hall–Kier alpha value is -2.73. The molecule has 2 aliphatic heterocycles. The Morgan fingerprint density at radius 1 is 1.27 bits per heavy atom. The van der Waals surface area contributed by atoms with Gasteiger partial charge in [0.2, 0.25) is 5.88 Å². The van der Waals surface area contributed by atoms with Crippen LogP contribution in [0.4, 0.5) is 4.79 Å². The molecule has 1 fully saturated rings. The Bertz CT molecular complexity index is 1130.